The second-order valence-corrected chi connectivity index (χ2v) is 6.37. The van der Waals surface area contributed by atoms with Crippen LogP contribution in [0.3, 0.4) is 0 Å². The molecule has 0 bridgehead atoms. The molecular formula is C17H18N2O3S. The number of anilines is 1. The highest BCUT2D eigenvalue weighted by Gasteiger charge is 2.32. The van der Waals surface area contributed by atoms with Gasteiger partial charge in [-0.05, 0) is 30.0 Å². The van der Waals surface area contributed by atoms with Crippen molar-refractivity contribution in [2.75, 3.05) is 18.0 Å². The van der Waals surface area contributed by atoms with Gasteiger partial charge in [-0.25, -0.2) is 4.79 Å². The number of nitrogens with one attached hydrogen (secondary N) is 1. The quantitative estimate of drug-likeness (QED) is 0.886. The summed E-state index contributed by atoms with van der Waals surface area (Å²) in [6, 6.07) is 13.4. The van der Waals surface area contributed by atoms with Gasteiger partial charge in [0.2, 0.25) is 5.91 Å². The molecule has 1 unspecified atom stereocenters. The van der Waals surface area contributed by atoms with E-state index in [1.165, 1.54) is 4.88 Å². The zero-order chi connectivity index (χ0) is 16.1. The molecule has 1 aliphatic heterocycles. The number of thiophene rings is 1. The third-order valence-electron chi connectivity index (χ3n) is 3.65. The van der Waals surface area contributed by atoms with Gasteiger partial charge in [0.05, 0.1) is 13.1 Å². The third-order valence-corrected chi connectivity index (χ3v) is 4.58. The van der Waals surface area contributed by atoms with Gasteiger partial charge in [-0.3, -0.25) is 9.69 Å². The topological polar surface area (TPSA) is 58.6 Å². The minimum atomic E-state index is -0.367. The summed E-state index contributed by atoms with van der Waals surface area (Å²) in [6.45, 7) is 0.798. The number of nitrogens with zero attached hydrogens (tertiary/aromatic N) is 1. The van der Waals surface area contributed by atoms with E-state index in [9.17, 15) is 9.59 Å². The van der Waals surface area contributed by atoms with Crippen molar-refractivity contribution < 1.29 is 14.3 Å². The molecule has 1 aromatic carbocycles. The van der Waals surface area contributed by atoms with Gasteiger partial charge >= 0.3 is 6.09 Å². The highest BCUT2D eigenvalue weighted by molar-refractivity contribution is 7.09. The highest BCUT2D eigenvalue weighted by atomic mass is 32.1. The molecule has 2 heterocycles. The van der Waals surface area contributed by atoms with Gasteiger partial charge in [0.1, 0.15) is 6.10 Å². The summed E-state index contributed by atoms with van der Waals surface area (Å²) < 4.78 is 5.30. The number of para-hydroxylation sites is 1. The molecule has 5 nitrogen and oxygen atoms in total. The molecule has 23 heavy (non-hydrogen) atoms. The van der Waals surface area contributed by atoms with Gasteiger partial charge in [-0.2, -0.15) is 0 Å². The van der Waals surface area contributed by atoms with E-state index in [1.807, 2.05) is 47.8 Å². The van der Waals surface area contributed by atoms with Gasteiger partial charge in [0.15, 0.2) is 0 Å². The number of rotatable bonds is 6. The van der Waals surface area contributed by atoms with Crippen LogP contribution in [-0.4, -0.2) is 31.2 Å². The molecule has 1 aliphatic rings. The van der Waals surface area contributed by atoms with Crippen LogP contribution in [-0.2, 0) is 16.0 Å². The molecule has 0 radical (unpaired) electrons. The van der Waals surface area contributed by atoms with E-state index in [-0.39, 0.29) is 18.1 Å². The standard InChI is InChI=1S/C17H18N2O3S/c20-16(9-8-15-7-4-10-23-15)18-11-14-12-19(17(21)22-14)13-5-2-1-3-6-13/h1-7,10,14H,8-9,11-12H2,(H,18,20). The van der Waals surface area contributed by atoms with Crippen molar-refractivity contribution in [1.29, 1.82) is 0 Å². The normalized spacial score (nSPS) is 17.1. The molecular weight excluding hydrogens is 312 g/mol. The second kappa shape index (κ2) is 7.28. The summed E-state index contributed by atoms with van der Waals surface area (Å²) in [4.78, 5) is 26.6. The number of carbonyl (C=O) groups excluding carboxylic acids is 2. The fourth-order valence-corrected chi connectivity index (χ4v) is 3.16. The van der Waals surface area contributed by atoms with Crippen molar-refractivity contribution in [2.45, 2.75) is 18.9 Å². The van der Waals surface area contributed by atoms with Gasteiger partial charge in [-0.1, -0.05) is 24.3 Å². The maximum Gasteiger partial charge on any atom is 0.414 e. The van der Waals surface area contributed by atoms with Crippen molar-refractivity contribution in [2.24, 2.45) is 0 Å². The largest absolute Gasteiger partial charge is 0.442 e. The maximum absolute atomic E-state index is 11.9. The molecule has 2 amide bonds. The van der Waals surface area contributed by atoms with E-state index >= 15 is 0 Å². The third kappa shape index (κ3) is 4.10. The number of aryl methyl sites for hydroxylation is 1. The van der Waals surface area contributed by atoms with E-state index in [2.05, 4.69) is 5.32 Å². The predicted octanol–water partition coefficient (Wildman–Crippen LogP) is 2.82. The SMILES string of the molecule is O=C(CCc1cccs1)NCC1CN(c2ccccc2)C(=O)O1. The molecule has 1 saturated heterocycles. The Morgan fingerprint density at radius 1 is 1.26 bits per heavy atom. The summed E-state index contributed by atoms with van der Waals surface area (Å²) in [7, 11) is 0. The molecule has 1 fully saturated rings. The van der Waals surface area contributed by atoms with E-state index in [1.54, 1.807) is 16.2 Å². The molecule has 0 aliphatic carbocycles. The molecule has 6 heteroatoms. The Hall–Kier alpha value is -2.34. The van der Waals surface area contributed by atoms with Crippen LogP contribution in [0.1, 0.15) is 11.3 Å². The van der Waals surface area contributed by atoms with Gasteiger partial charge in [0, 0.05) is 17.0 Å². The lowest BCUT2D eigenvalue weighted by molar-refractivity contribution is -0.121. The minimum Gasteiger partial charge on any atom is -0.442 e. The molecule has 120 valence electrons. The monoisotopic (exact) mass is 330 g/mol. The second-order valence-electron chi connectivity index (χ2n) is 5.34. The van der Waals surface area contributed by atoms with Crippen LogP contribution in [0.4, 0.5) is 10.5 Å². The lowest BCUT2D eigenvalue weighted by Gasteiger charge is -2.12. The molecule has 3 rings (SSSR count). The van der Waals surface area contributed by atoms with Gasteiger partial charge < -0.3 is 10.1 Å². The molecule has 0 saturated carbocycles. The van der Waals surface area contributed by atoms with Crippen molar-refractivity contribution in [3.63, 3.8) is 0 Å². The van der Waals surface area contributed by atoms with E-state index < -0.39 is 0 Å². The lowest BCUT2D eigenvalue weighted by atomic mass is 10.2. The van der Waals surface area contributed by atoms with E-state index in [0.29, 0.717) is 19.5 Å². The zero-order valence-corrected chi connectivity index (χ0v) is 13.4. The maximum atomic E-state index is 11.9. The van der Waals surface area contributed by atoms with Crippen LogP contribution < -0.4 is 10.2 Å². The Morgan fingerprint density at radius 2 is 2.09 bits per heavy atom. The van der Waals surface area contributed by atoms with Crippen LogP contribution in [0, 0.1) is 0 Å². The fourth-order valence-electron chi connectivity index (χ4n) is 2.45. The van der Waals surface area contributed by atoms with Crippen LogP contribution in [0.15, 0.2) is 47.8 Å². The molecule has 1 atom stereocenters. The van der Waals surface area contributed by atoms with Crippen molar-refractivity contribution in [3.05, 3.63) is 52.7 Å². The predicted molar refractivity (Wildman–Crippen MR) is 89.7 cm³/mol. The Kier molecular flexibility index (Phi) is 4.92. The summed E-state index contributed by atoms with van der Waals surface area (Å²) in [5, 5.41) is 4.84. The number of amides is 2. The Morgan fingerprint density at radius 3 is 2.83 bits per heavy atom. The van der Waals surface area contributed by atoms with Crippen LogP contribution in [0.5, 0.6) is 0 Å². The number of hydrogen-bond donors (Lipinski definition) is 1. The summed E-state index contributed by atoms with van der Waals surface area (Å²) in [6.07, 6.45) is 0.510. The smallest absolute Gasteiger partial charge is 0.414 e. The number of hydrogen-bond acceptors (Lipinski definition) is 4. The highest BCUT2D eigenvalue weighted by Crippen LogP contribution is 2.20. The lowest BCUT2D eigenvalue weighted by Crippen LogP contribution is -2.34. The van der Waals surface area contributed by atoms with Gasteiger partial charge in [-0.15, -0.1) is 11.3 Å². The number of cyclic esters (lactones) is 1. The Balaban J connectivity index is 1.44. The van der Waals surface area contributed by atoms with Crippen LogP contribution >= 0.6 is 11.3 Å². The summed E-state index contributed by atoms with van der Waals surface area (Å²) in [5.74, 6) is -0.0207. The Labute approximate surface area is 138 Å². The first kappa shape index (κ1) is 15.6. The molecule has 2 aromatic rings. The van der Waals surface area contributed by atoms with Gasteiger partial charge in [0.25, 0.3) is 0 Å². The Bertz CT molecular complexity index is 658. The van der Waals surface area contributed by atoms with E-state index in [4.69, 9.17) is 4.74 Å². The molecule has 1 N–H and O–H groups in total. The number of benzene rings is 1. The van der Waals surface area contributed by atoms with Crippen molar-refractivity contribution in [3.8, 4) is 0 Å². The van der Waals surface area contributed by atoms with Crippen LogP contribution in [0.25, 0.3) is 0 Å². The van der Waals surface area contributed by atoms with Crippen molar-refractivity contribution in [1.82, 2.24) is 5.32 Å². The van der Waals surface area contributed by atoms with Crippen molar-refractivity contribution >= 4 is 29.0 Å². The van der Waals surface area contributed by atoms with E-state index in [0.717, 1.165) is 12.1 Å². The first-order valence-electron chi connectivity index (χ1n) is 7.54. The zero-order valence-electron chi connectivity index (χ0n) is 12.6. The fraction of sp³-hybridized carbons (Fsp3) is 0.294. The minimum absolute atomic E-state index is 0.0207. The molecule has 0 spiro atoms. The summed E-state index contributed by atoms with van der Waals surface area (Å²) in [5.41, 5.74) is 0.809. The number of carbonyl (C=O) groups is 2. The average Bonchev–Trinajstić information content (AvgIpc) is 3.21. The average molecular weight is 330 g/mol. The van der Waals surface area contributed by atoms with Crippen LogP contribution in [0.2, 0.25) is 0 Å². The molecule has 1 aromatic heterocycles. The number of ether oxygens (including phenoxy) is 1. The first-order chi connectivity index (χ1) is 11.2. The summed E-state index contributed by atoms with van der Waals surface area (Å²) >= 11 is 1.65. The first-order valence-corrected chi connectivity index (χ1v) is 8.42.